The first-order chi connectivity index (χ1) is 12.8. The van der Waals surface area contributed by atoms with Gasteiger partial charge >= 0.3 is 11.3 Å². The molecule has 3 aromatic rings. The predicted octanol–water partition coefficient (Wildman–Crippen LogP) is 2.18. The second-order valence-corrected chi connectivity index (χ2v) is 5.53. The van der Waals surface area contributed by atoms with Crippen LogP contribution in [0.3, 0.4) is 0 Å². The van der Waals surface area contributed by atoms with Gasteiger partial charge < -0.3 is 19.9 Å². The fourth-order valence-corrected chi connectivity index (χ4v) is 2.45. The van der Waals surface area contributed by atoms with Crippen molar-refractivity contribution >= 4 is 22.6 Å². The Bertz CT molecular complexity index is 1140. The van der Waals surface area contributed by atoms with E-state index in [4.69, 9.17) is 4.42 Å². The number of carbonyl (C=O) groups is 1. The Kier molecular flexibility index (Phi) is 4.46. The molecule has 0 atom stereocenters. The van der Waals surface area contributed by atoms with Crippen LogP contribution in [0.25, 0.3) is 11.0 Å². The quantitative estimate of drug-likeness (QED) is 0.275. The number of nitrogens with zero attached hydrogens (tertiary/aromatic N) is 1. The van der Waals surface area contributed by atoms with Gasteiger partial charge in [0.05, 0.1) is 4.92 Å². The van der Waals surface area contributed by atoms with Crippen molar-refractivity contribution < 1.29 is 28.7 Å². The number of nitrogens with one attached hydrogen (secondary N) is 1. The average Bonchev–Trinajstić information content (AvgIpc) is 2.62. The largest absolute Gasteiger partial charge is 0.501 e. The Balaban J connectivity index is 1.97. The maximum Gasteiger partial charge on any atom is 0.349 e. The lowest BCUT2D eigenvalue weighted by Crippen LogP contribution is -2.27. The number of aromatic hydroxyl groups is 2. The third kappa shape index (κ3) is 3.40. The number of rotatable bonds is 4. The summed E-state index contributed by atoms with van der Waals surface area (Å²) in [4.78, 5) is 34.2. The van der Waals surface area contributed by atoms with E-state index in [0.29, 0.717) is 5.56 Å². The molecule has 3 N–H and O–H groups in total. The van der Waals surface area contributed by atoms with Crippen LogP contribution in [0.5, 0.6) is 11.5 Å². The first-order valence-corrected chi connectivity index (χ1v) is 7.47. The number of phenols is 2. The number of fused-ring (bicyclic) bond motifs is 1. The molecule has 138 valence electrons. The van der Waals surface area contributed by atoms with Crippen molar-refractivity contribution in [1.82, 2.24) is 5.32 Å². The summed E-state index contributed by atoms with van der Waals surface area (Å²) in [7, 11) is 0. The Labute approximate surface area is 149 Å². The molecule has 0 aliphatic carbocycles. The van der Waals surface area contributed by atoms with Gasteiger partial charge in [-0.1, -0.05) is 12.1 Å². The van der Waals surface area contributed by atoms with Crippen LogP contribution in [-0.4, -0.2) is 21.0 Å². The van der Waals surface area contributed by atoms with Gasteiger partial charge in [-0.05, 0) is 23.8 Å². The number of hydrogen-bond acceptors (Lipinski definition) is 7. The number of phenolic OH excluding ortho intramolecular Hbond substituents is 2. The lowest BCUT2D eigenvalue weighted by molar-refractivity contribution is -0.385. The van der Waals surface area contributed by atoms with Crippen LogP contribution in [0.4, 0.5) is 10.1 Å². The van der Waals surface area contributed by atoms with Crippen LogP contribution in [0.15, 0.2) is 45.6 Å². The van der Waals surface area contributed by atoms with Crippen LogP contribution < -0.4 is 10.9 Å². The molecule has 0 radical (unpaired) electrons. The van der Waals surface area contributed by atoms with Crippen molar-refractivity contribution in [3.63, 3.8) is 0 Å². The van der Waals surface area contributed by atoms with Crippen LogP contribution in [0.2, 0.25) is 0 Å². The highest BCUT2D eigenvalue weighted by molar-refractivity contribution is 5.98. The number of benzene rings is 2. The molecule has 1 aromatic heterocycles. The van der Waals surface area contributed by atoms with Crippen molar-refractivity contribution in [2.45, 2.75) is 6.54 Å². The summed E-state index contributed by atoms with van der Waals surface area (Å²) in [6, 6.07) is 7.31. The van der Waals surface area contributed by atoms with Crippen LogP contribution in [0.1, 0.15) is 15.9 Å². The van der Waals surface area contributed by atoms with E-state index in [2.05, 4.69) is 5.32 Å². The average molecular weight is 374 g/mol. The van der Waals surface area contributed by atoms with Crippen molar-refractivity contribution in [2.75, 3.05) is 0 Å². The van der Waals surface area contributed by atoms with E-state index >= 15 is 0 Å². The number of amides is 1. The van der Waals surface area contributed by atoms with Crippen LogP contribution >= 0.6 is 0 Å². The Morgan fingerprint density at radius 2 is 1.96 bits per heavy atom. The molecule has 9 nitrogen and oxygen atoms in total. The van der Waals surface area contributed by atoms with E-state index in [1.807, 2.05) is 0 Å². The smallest absolute Gasteiger partial charge is 0.349 e. The van der Waals surface area contributed by atoms with Gasteiger partial charge in [-0.25, -0.2) is 9.18 Å². The molecular formula is C17H11FN2O7. The summed E-state index contributed by atoms with van der Waals surface area (Å²) in [5.41, 5.74) is -2.46. The van der Waals surface area contributed by atoms with E-state index < -0.39 is 50.6 Å². The Hall–Kier alpha value is -3.95. The lowest BCUT2D eigenvalue weighted by atomic mass is 10.1. The standard InChI is InChI=1S/C17H11FN2O7/c18-10-3-1-2-8(4-10)7-19-16(23)11-5-9-6-12(20(25)26)13(21)14(22)15(9)27-17(11)24/h1-6,21-22H,7H2,(H,19,23). The second kappa shape index (κ2) is 6.75. The van der Waals surface area contributed by atoms with Gasteiger partial charge in [0.15, 0.2) is 5.58 Å². The molecule has 0 aliphatic heterocycles. The first kappa shape index (κ1) is 17.9. The molecule has 0 spiro atoms. The molecular weight excluding hydrogens is 363 g/mol. The number of nitro groups is 1. The van der Waals surface area contributed by atoms with Gasteiger partial charge in [-0.3, -0.25) is 14.9 Å². The minimum absolute atomic E-state index is 0.0744. The first-order valence-electron chi connectivity index (χ1n) is 7.47. The molecule has 10 heteroatoms. The van der Waals surface area contributed by atoms with E-state index in [0.717, 1.165) is 12.1 Å². The maximum absolute atomic E-state index is 13.1. The van der Waals surface area contributed by atoms with Gasteiger partial charge in [0.25, 0.3) is 5.91 Å². The summed E-state index contributed by atoms with van der Waals surface area (Å²) < 4.78 is 18.0. The molecule has 0 saturated carbocycles. The third-order valence-electron chi connectivity index (χ3n) is 3.73. The molecule has 2 aromatic carbocycles. The third-order valence-corrected chi connectivity index (χ3v) is 3.73. The van der Waals surface area contributed by atoms with Gasteiger partial charge in [0.2, 0.25) is 11.5 Å². The van der Waals surface area contributed by atoms with Gasteiger partial charge in [0, 0.05) is 18.0 Å². The highest BCUT2D eigenvalue weighted by atomic mass is 19.1. The summed E-state index contributed by atoms with van der Waals surface area (Å²) in [6.07, 6.45) is 0. The highest BCUT2D eigenvalue weighted by Gasteiger charge is 2.24. The minimum Gasteiger partial charge on any atom is -0.501 e. The second-order valence-electron chi connectivity index (χ2n) is 5.53. The van der Waals surface area contributed by atoms with Crippen LogP contribution in [-0.2, 0) is 6.54 Å². The van der Waals surface area contributed by atoms with Crippen molar-refractivity contribution in [3.05, 3.63) is 73.9 Å². The summed E-state index contributed by atoms with van der Waals surface area (Å²) in [5.74, 6) is -3.39. The van der Waals surface area contributed by atoms with E-state index in [9.17, 15) is 34.3 Å². The zero-order chi connectivity index (χ0) is 19.7. The predicted molar refractivity (Wildman–Crippen MR) is 90.0 cm³/mol. The number of nitro benzene ring substituents is 1. The monoisotopic (exact) mass is 374 g/mol. The zero-order valence-corrected chi connectivity index (χ0v) is 13.4. The molecule has 3 rings (SSSR count). The molecule has 0 bridgehead atoms. The number of halogens is 1. The number of hydrogen-bond donors (Lipinski definition) is 3. The molecule has 0 unspecified atom stereocenters. The molecule has 0 saturated heterocycles. The molecule has 1 amide bonds. The Morgan fingerprint density at radius 1 is 1.22 bits per heavy atom. The van der Waals surface area contributed by atoms with Gasteiger partial charge in [-0.15, -0.1) is 0 Å². The summed E-state index contributed by atoms with van der Waals surface area (Å²) >= 11 is 0. The molecule has 1 heterocycles. The lowest BCUT2D eigenvalue weighted by Gasteiger charge is -2.07. The Morgan fingerprint density at radius 3 is 2.63 bits per heavy atom. The molecule has 0 fully saturated rings. The summed E-state index contributed by atoms with van der Waals surface area (Å²) in [5, 5.41) is 32.6. The zero-order valence-electron chi connectivity index (χ0n) is 13.4. The van der Waals surface area contributed by atoms with Crippen molar-refractivity contribution in [3.8, 4) is 11.5 Å². The van der Waals surface area contributed by atoms with E-state index in [-0.39, 0.29) is 11.9 Å². The van der Waals surface area contributed by atoms with Gasteiger partial charge in [-0.2, -0.15) is 0 Å². The topological polar surface area (TPSA) is 143 Å². The van der Waals surface area contributed by atoms with Crippen LogP contribution in [0, 0.1) is 15.9 Å². The number of carbonyl (C=O) groups excluding carboxylic acids is 1. The van der Waals surface area contributed by atoms with Crippen molar-refractivity contribution in [1.29, 1.82) is 0 Å². The van der Waals surface area contributed by atoms with Gasteiger partial charge in [0.1, 0.15) is 11.4 Å². The van der Waals surface area contributed by atoms with Crippen molar-refractivity contribution in [2.24, 2.45) is 0 Å². The fraction of sp³-hybridized carbons (Fsp3) is 0.0588. The molecule has 27 heavy (non-hydrogen) atoms. The highest BCUT2D eigenvalue weighted by Crippen LogP contribution is 2.40. The normalized spacial score (nSPS) is 10.7. The molecule has 0 aliphatic rings. The summed E-state index contributed by atoms with van der Waals surface area (Å²) in [6.45, 7) is -0.0744. The van der Waals surface area contributed by atoms with E-state index in [1.165, 1.54) is 18.2 Å². The fourth-order valence-electron chi connectivity index (χ4n) is 2.45. The van der Waals surface area contributed by atoms with E-state index in [1.54, 1.807) is 6.07 Å². The maximum atomic E-state index is 13.1. The SMILES string of the molecule is O=C(NCc1cccc(F)c1)c1cc2cc([N+](=O)[O-])c(O)c(O)c2oc1=O. The minimum atomic E-state index is -1.12.